The number of amides is 1. The molecule has 2 rings (SSSR count). The second kappa shape index (κ2) is 6.03. The van der Waals surface area contributed by atoms with Gasteiger partial charge in [-0.15, -0.1) is 0 Å². The molecule has 0 radical (unpaired) electrons. The number of hydrogen-bond donors (Lipinski definition) is 1. The summed E-state index contributed by atoms with van der Waals surface area (Å²) in [4.78, 5) is 24.7. The van der Waals surface area contributed by atoms with Crippen molar-refractivity contribution < 1.29 is 19.1 Å². The number of nitrogens with zero attached hydrogens (tertiary/aromatic N) is 1. The van der Waals surface area contributed by atoms with Crippen LogP contribution in [-0.2, 0) is 9.59 Å². The van der Waals surface area contributed by atoms with Crippen LogP contribution in [0, 0.1) is 5.82 Å². The number of carboxylic acids is 1. The van der Waals surface area contributed by atoms with Crippen LogP contribution in [0.5, 0.6) is 0 Å². The minimum absolute atomic E-state index is 0.131. The molecule has 4 nitrogen and oxygen atoms in total. The van der Waals surface area contributed by atoms with Gasteiger partial charge in [-0.1, -0.05) is 19.1 Å². The van der Waals surface area contributed by atoms with Crippen molar-refractivity contribution in [3.8, 4) is 0 Å². The van der Waals surface area contributed by atoms with Gasteiger partial charge in [0, 0.05) is 13.0 Å². The molecule has 1 saturated heterocycles. The van der Waals surface area contributed by atoms with Gasteiger partial charge in [0.1, 0.15) is 11.9 Å². The highest BCUT2D eigenvalue weighted by Crippen LogP contribution is 2.24. The summed E-state index contributed by atoms with van der Waals surface area (Å²) in [5.41, 5.74) is 0.754. The van der Waals surface area contributed by atoms with Gasteiger partial charge in [-0.2, -0.15) is 0 Å². The van der Waals surface area contributed by atoms with E-state index in [1.807, 2.05) is 6.92 Å². The topological polar surface area (TPSA) is 57.6 Å². The largest absolute Gasteiger partial charge is 0.480 e. The van der Waals surface area contributed by atoms with Crippen LogP contribution in [0.1, 0.15) is 37.7 Å². The molecule has 0 spiro atoms. The minimum atomic E-state index is -0.950. The molecule has 1 heterocycles. The zero-order valence-electron chi connectivity index (χ0n) is 11.4. The van der Waals surface area contributed by atoms with E-state index in [9.17, 15) is 14.0 Å². The zero-order valence-corrected chi connectivity index (χ0v) is 11.4. The lowest BCUT2D eigenvalue weighted by Gasteiger charge is -2.23. The molecule has 1 amide bonds. The number of halogens is 1. The van der Waals surface area contributed by atoms with E-state index in [0.29, 0.717) is 13.0 Å². The third kappa shape index (κ3) is 3.15. The maximum Gasteiger partial charge on any atom is 0.326 e. The number of carboxylic acid groups (broad SMARTS) is 1. The van der Waals surface area contributed by atoms with Gasteiger partial charge in [0.15, 0.2) is 0 Å². The van der Waals surface area contributed by atoms with Crippen molar-refractivity contribution in [1.29, 1.82) is 0 Å². The molecule has 20 heavy (non-hydrogen) atoms. The van der Waals surface area contributed by atoms with Crippen molar-refractivity contribution >= 4 is 11.9 Å². The van der Waals surface area contributed by atoms with Crippen LogP contribution in [-0.4, -0.2) is 34.5 Å². The summed E-state index contributed by atoms with van der Waals surface area (Å²) in [5, 5.41) is 9.08. The first-order valence-corrected chi connectivity index (χ1v) is 6.76. The number of carbonyl (C=O) groups excluding carboxylic acids is 1. The molecular weight excluding hydrogens is 261 g/mol. The van der Waals surface area contributed by atoms with Gasteiger partial charge in [-0.3, -0.25) is 4.79 Å². The summed E-state index contributed by atoms with van der Waals surface area (Å²) in [5.74, 6) is -1.58. The third-order valence-electron chi connectivity index (χ3n) is 3.76. The van der Waals surface area contributed by atoms with E-state index in [-0.39, 0.29) is 24.1 Å². The molecule has 0 aliphatic carbocycles. The second-order valence-corrected chi connectivity index (χ2v) is 5.24. The number of benzene rings is 1. The lowest BCUT2D eigenvalue weighted by atomic mass is 9.97. The summed E-state index contributed by atoms with van der Waals surface area (Å²) in [6, 6.07) is 5.46. The smallest absolute Gasteiger partial charge is 0.326 e. The van der Waals surface area contributed by atoms with Crippen molar-refractivity contribution in [2.75, 3.05) is 6.54 Å². The molecule has 0 aromatic heterocycles. The molecule has 1 N–H and O–H groups in total. The molecular formula is C15H18FNO3. The summed E-state index contributed by atoms with van der Waals surface area (Å²) < 4.78 is 13.2. The number of hydrogen-bond acceptors (Lipinski definition) is 2. The Bertz CT molecular complexity index is 518. The zero-order chi connectivity index (χ0) is 14.7. The quantitative estimate of drug-likeness (QED) is 0.920. The van der Waals surface area contributed by atoms with Gasteiger partial charge in [0.2, 0.25) is 5.91 Å². The monoisotopic (exact) mass is 279 g/mol. The molecule has 1 aromatic rings. The fourth-order valence-corrected chi connectivity index (χ4v) is 2.63. The highest BCUT2D eigenvalue weighted by Gasteiger charge is 2.34. The van der Waals surface area contributed by atoms with Crippen LogP contribution < -0.4 is 0 Å². The SMILES string of the molecule is CC(CC(=O)N1CCC[C@@H]1C(=O)O)c1cccc(F)c1. The van der Waals surface area contributed by atoms with Crippen molar-refractivity contribution in [2.45, 2.75) is 38.1 Å². The Balaban J connectivity index is 2.02. The third-order valence-corrected chi connectivity index (χ3v) is 3.76. The number of rotatable bonds is 4. The highest BCUT2D eigenvalue weighted by molar-refractivity contribution is 5.84. The molecule has 2 atom stereocenters. The Labute approximate surface area is 117 Å². The molecule has 1 aliphatic rings. The molecule has 1 unspecified atom stereocenters. The molecule has 5 heteroatoms. The van der Waals surface area contributed by atoms with Gasteiger partial charge >= 0.3 is 5.97 Å². The lowest BCUT2D eigenvalue weighted by Crippen LogP contribution is -2.40. The van der Waals surface area contributed by atoms with Gasteiger partial charge in [-0.25, -0.2) is 9.18 Å². The highest BCUT2D eigenvalue weighted by atomic mass is 19.1. The Kier molecular flexibility index (Phi) is 4.37. The van der Waals surface area contributed by atoms with Crippen LogP contribution in [0.3, 0.4) is 0 Å². The first-order valence-electron chi connectivity index (χ1n) is 6.76. The summed E-state index contributed by atoms with van der Waals surface area (Å²) in [7, 11) is 0. The van der Waals surface area contributed by atoms with Crippen LogP contribution in [0.25, 0.3) is 0 Å². The van der Waals surface area contributed by atoms with Crippen LogP contribution >= 0.6 is 0 Å². The second-order valence-electron chi connectivity index (χ2n) is 5.24. The van der Waals surface area contributed by atoms with Crippen LogP contribution in [0.15, 0.2) is 24.3 Å². The van der Waals surface area contributed by atoms with E-state index in [2.05, 4.69) is 0 Å². The van der Waals surface area contributed by atoms with Crippen LogP contribution in [0.2, 0.25) is 0 Å². The Morgan fingerprint density at radius 3 is 2.90 bits per heavy atom. The lowest BCUT2D eigenvalue weighted by molar-refractivity contribution is -0.148. The number of aliphatic carboxylic acids is 1. The predicted octanol–water partition coefficient (Wildman–Crippen LogP) is 2.39. The van der Waals surface area contributed by atoms with E-state index in [1.54, 1.807) is 12.1 Å². The molecule has 0 saturated carbocycles. The van der Waals surface area contributed by atoms with Gasteiger partial charge in [0.05, 0.1) is 0 Å². The van der Waals surface area contributed by atoms with E-state index in [0.717, 1.165) is 12.0 Å². The average molecular weight is 279 g/mol. The summed E-state index contributed by atoms with van der Waals surface area (Å²) >= 11 is 0. The van der Waals surface area contributed by atoms with Gasteiger partial charge in [-0.05, 0) is 36.5 Å². The molecule has 108 valence electrons. The summed E-state index contributed by atoms with van der Waals surface area (Å²) in [6.45, 7) is 2.34. The first kappa shape index (κ1) is 14.5. The molecule has 1 aromatic carbocycles. The van der Waals surface area contributed by atoms with Crippen molar-refractivity contribution in [3.63, 3.8) is 0 Å². The van der Waals surface area contributed by atoms with Crippen LogP contribution in [0.4, 0.5) is 4.39 Å². The Morgan fingerprint density at radius 2 is 2.25 bits per heavy atom. The maximum absolute atomic E-state index is 13.2. The first-order chi connectivity index (χ1) is 9.49. The van der Waals surface area contributed by atoms with Gasteiger partial charge in [0.25, 0.3) is 0 Å². The Hall–Kier alpha value is -1.91. The van der Waals surface area contributed by atoms with E-state index >= 15 is 0 Å². The average Bonchev–Trinajstić information content (AvgIpc) is 2.88. The fourth-order valence-electron chi connectivity index (χ4n) is 2.63. The normalized spacial score (nSPS) is 19.9. The van der Waals surface area contributed by atoms with Crippen molar-refractivity contribution in [1.82, 2.24) is 4.90 Å². The maximum atomic E-state index is 13.2. The van der Waals surface area contributed by atoms with Crippen molar-refractivity contribution in [3.05, 3.63) is 35.6 Å². The minimum Gasteiger partial charge on any atom is -0.480 e. The van der Waals surface area contributed by atoms with E-state index in [4.69, 9.17) is 5.11 Å². The number of carbonyl (C=O) groups is 2. The predicted molar refractivity (Wildman–Crippen MR) is 71.8 cm³/mol. The molecule has 1 aliphatic heterocycles. The van der Waals surface area contributed by atoms with E-state index in [1.165, 1.54) is 17.0 Å². The summed E-state index contributed by atoms with van der Waals surface area (Å²) in [6.07, 6.45) is 1.43. The van der Waals surface area contributed by atoms with Gasteiger partial charge < -0.3 is 10.0 Å². The molecule has 1 fully saturated rings. The van der Waals surface area contributed by atoms with E-state index < -0.39 is 12.0 Å². The Morgan fingerprint density at radius 1 is 1.50 bits per heavy atom. The molecule has 0 bridgehead atoms. The van der Waals surface area contributed by atoms with Crippen molar-refractivity contribution in [2.24, 2.45) is 0 Å². The standard InChI is InChI=1S/C15H18FNO3/c1-10(11-4-2-5-12(16)9-11)8-14(18)17-7-3-6-13(17)15(19)20/h2,4-5,9-10,13H,3,6-8H2,1H3,(H,19,20)/t10?,13-/m1/s1. The number of likely N-dealkylation sites (tertiary alicyclic amines) is 1. The fraction of sp³-hybridized carbons (Fsp3) is 0.467.